The number of benzene rings is 4. The maximum atomic E-state index is 14.0. The van der Waals surface area contributed by atoms with Gasteiger partial charge in [-0.25, -0.2) is 39.9 Å². The average molecular weight is 1350 g/mol. The summed E-state index contributed by atoms with van der Waals surface area (Å²) in [7, 11) is -1.22. The number of anilines is 4. The Balaban J connectivity index is 0.000000192. The van der Waals surface area contributed by atoms with Crippen LogP contribution in [-0.2, 0) is 21.6 Å². The first kappa shape index (κ1) is 69.6. The number of aromatic amines is 2. The van der Waals surface area contributed by atoms with E-state index in [1.165, 1.54) is 0 Å². The van der Waals surface area contributed by atoms with Crippen molar-refractivity contribution in [3.05, 3.63) is 264 Å². The topological polar surface area (TPSA) is 317 Å². The minimum absolute atomic E-state index is 0. The standard InChI is InChI=1S/2C36H27N7O2.2C2H6OS.H2O/c2*1-21-13-15-25-17-19-27(39-33(25)37-21)41-35(44)31-29(23-9-5-3-6-10-23)30(24-11-7-4-8-12-24)32(43-31)36(45)42-28-20-18-26-16-14-22(2)38-34(26)40-28;2*1-4(2)3;/h2*3-20,43H,1-2H3,(H,37,39,41,44)(H,38,40,42,45);2*1-2H3;1H2. The third-order valence-electron chi connectivity index (χ3n) is 14.9. The van der Waals surface area contributed by atoms with Crippen molar-refractivity contribution in [3.63, 3.8) is 0 Å². The largest absolute Gasteiger partial charge is 0.412 e. The van der Waals surface area contributed by atoms with Crippen molar-refractivity contribution in [3.8, 4) is 44.5 Å². The molecule has 0 spiro atoms. The van der Waals surface area contributed by atoms with Gasteiger partial charge in [-0.2, -0.15) is 0 Å². The van der Waals surface area contributed by atoms with Gasteiger partial charge in [0.25, 0.3) is 23.6 Å². The first-order chi connectivity index (χ1) is 47.3. The molecule has 4 aromatic carbocycles. The second-order valence-electron chi connectivity index (χ2n) is 22.8. The predicted molar refractivity (Wildman–Crippen MR) is 396 cm³/mol. The minimum Gasteiger partial charge on any atom is -0.412 e. The molecule has 21 nitrogen and oxygen atoms in total. The van der Waals surface area contributed by atoms with E-state index in [-0.39, 0.29) is 28.3 Å². The molecule has 0 unspecified atom stereocenters. The van der Waals surface area contributed by atoms with Crippen LogP contribution < -0.4 is 21.3 Å². The van der Waals surface area contributed by atoms with E-state index < -0.39 is 45.2 Å². The number of amides is 4. The van der Waals surface area contributed by atoms with Crippen molar-refractivity contribution in [2.45, 2.75) is 27.7 Å². The average Bonchev–Trinajstić information content (AvgIpc) is 1.62. The quantitative estimate of drug-likeness (QED) is 0.0663. The molecule has 23 heteroatoms. The fourth-order valence-electron chi connectivity index (χ4n) is 10.6. The Labute approximate surface area is 574 Å². The Kier molecular flexibility index (Phi) is 22.2. The summed E-state index contributed by atoms with van der Waals surface area (Å²) in [6.07, 6.45) is 6.56. The zero-order valence-corrected chi connectivity index (χ0v) is 56.8. The van der Waals surface area contributed by atoms with Crippen molar-refractivity contribution in [2.24, 2.45) is 0 Å². The molecule has 496 valence electrons. The summed E-state index contributed by atoms with van der Waals surface area (Å²) < 4.78 is 19.1. The number of nitrogens with zero attached hydrogens (tertiary/aromatic N) is 8. The third-order valence-corrected chi connectivity index (χ3v) is 14.9. The Bertz CT molecular complexity index is 4700. The van der Waals surface area contributed by atoms with Crippen LogP contribution in [0.1, 0.15) is 64.7 Å². The van der Waals surface area contributed by atoms with Crippen LogP contribution in [0.15, 0.2) is 218 Å². The van der Waals surface area contributed by atoms with E-state index in [1.807, 2.05) is 222 Å². The van der Waals surface area contributed by atoms with Crippen LogP contribution in [0.3, 0.4) is 0 Å². The van der Waals surface area contributed by atoms with Gasteiger partial charge in [0, 0.05) is 113 Å². The zero-order valence-electron chi connectivity index (χ0n) is 55.1. The van der Waals surface area contributed by atoms with Gasteiger partial charge in [-0.15, -0.1) is 0 Å². The van der Waals surface area contributed by atoms with E-state index in [9.17, 15) is 27.6 Å². The van der Waals surface area contributed by atoms with Gasteiger partial charge in [0.2, 0.25) is 0 Å². The van der Waals surface area contributed by atoms with Crippen LogP contribution in [0.25, 0.3) is 88.6 Å². The van der Waals surface area contributed by atoms with Gasteiger partial charge in [0.1, 0.15) is 46.0 Å². The lowest BCUT2D eigenvalue weighted by molar-refractivity contribution is 0.100. The summed E-state index contributed by atoms with van der Waals surface area (Å²) in [5, 5.41) is 15.1. The van der Waals surface area contributed by atoms with Crippen LogP contribution in [0.5, 0.6) is 0 Å². The van der Waals surface area contributed by atoms with Gasteiger partial charge >= 0.3 is 0 Å². The molecule has 0 aliphatic heterocycles. The van der Waals surface area contributed by atoms with Gasteiger partial charge in [-0.05, 0) is 147 Å². The number of nitrogens with one attached hydrogen (secondary N) is 6. The van der Waals surface area contributed by atoms with Gasteiger partial charge in [0.05, 0.1) is 0 Å². The highest BCUT2D eigenvalue weighted by Gasteiger charge is 2.30. The molecular weight excluding hydrogens is 1290 g/mol. The van der Waals surface area contributed by atoms with Gasteiger partial charge in [0.15, 0.2) is 22.6 Å². The highest BCUT2D eigenvalue weighted by atomic mass is 32.2. The third kappa shape index (κ3) is 17.1. The fourth-order valence-corrected chi connectivity index (χ4v) is 10.6. The maximum absolute atomic E-state index is 14.0. The van der Waals surface area contributed by atoms with E-state index in [0.29, 0.717) is 68.1 Å². The summed E-state index contributed by atoms with van der Waals surface area (Å²) in [5.41, 5.74) is 11.7. The molecular formula is C76H68N14O7S2. The summed E-state index contributed by atoms with van der Waals surface area (Å²) >= 11 is 0. The summed E-state index contributed by atoms with van der Waals surface area (Å²) in [6.45, 7) is 7.56. The number of carbonyl (C=O) groups excluding carboxylic acids is 4. The highest BCUT2D eigenvalue weighted by molar-refractivity contribution is 7.83. The number of aryl methyl sites for hydroxylation is 4. The molecule has 0 bridgehead atoms. The van der Waals surface area contributed by atoms with E-state index in [4.69, 9.17) is 0 Å². The zero-order chi connectivity index (χ0) is 69.0. The lowest BCUT2D eigenvalue weighted by atomic mass is 9.94. The SMILES string of the molecule is CS(C)=O.CS(C)=O.Cc1ccc2ccc(NC(=O)c3[nH]c(C(=O)Nc4ccc5ccc(C)nc5n4)c(-c4ccccc4)c3-c3ccccc3)nc2n1.Cc1ccc2ccc(NC(=O)c3[nH]c(C(=O)Nc4ccc5ccc(C)nc5n4)c(-c4ccccc4)c3-c3ccccc3)nc2n1.O. The molecule has 14 rings (SSSR count). The van der Waals surface area contributed by atoms with Crippen LogP contribution in [0.4, 0.5) is 23.3 Å². The normalized spacial score (nSPS) is 10.8. The molecule has 10 heterocycles. The Morgan fingerprint density at radius 2 is 0.465 bits per heavy atom. The number of carbonyl (C=O) groups is 4. The molecule has 14 aromatic rings. The van der Waals surface area contributed by atoms with Crippen LogP contribution in [0.2, 0.25) is 0 Å². The molecule has 0 aliphatic carbocycles. The maximum Gasteiger partial charge on any atom is 0.273 e. The smallest absolute Gasteiger partial charge is 0.273 e. The molecule has 8 N–H and O–H groups in total. The fraction of sp³-hybridized carbons (Fsp3) is 0.105. The van der Waals surface area contributed by atoms with Gasteiger partial charge < -0.3 is 36.7 Å². The van der Waals surface area contributed by atoms with Gasteiger partial charge in [-0.3, -0.25) is 27.6 Å². The van der Waals surface area contributed by atoms with Crippen molar-refractivity contribution in [1.29, 1.82) is 0 Å². The van der Waals surface area contributed by atoms with Gasteiger partial charge in [-0.1, -0.05) is 121 Å². The second-order valence-corrected chi connectivity index (χ2v) is 25.8. The first-order valence-electron chi connectivity index (χ1n) is 30.8. The number of aromatic nitrogens is 10. The number of hydrogen-bond acceptors (Lipinski definition) is 14. The summed E-state index contributed by atoms with van der Waals surface area (Å²) in [5.74, 6) is -0.434. The molecule has 0 radical (unpaired) electrons. The predicted octanol–water partition coefficient (Wildman–Crippen LogP) is 13.9. The molecule has 99 heavy (non-hydrogen) atoms. The van der Waals surface area contributed by atoms with Crippen LogP contribution in [-0.4, -0.2) is 112 Å². The summed E-state index contributed by atoms with van der Waals surface area (Å²) in [4.78, 5) is 98.6. The van der Waals surface area contributed by atoms with Crippen molar-refractivity contribution in [2.75, 3.05) is 46.3 Å². The molecule has 0 saturated carbocycles. The number of rotatable bonds is 12. The number of pyridine rings is 8. The van der Waals surface area contributed by atoms with Crippen LogP contribution in [0, 0.1) is 27.7 Å². The van der Waals surface area contributed by atoms with E-state index in [1.54, 1.807) is 49.3 Å². The monoisotopic (exact) mass is 1350 g/mol. The Hall–Kier alpha value is -12.2. The lowest BCUT2D eigenvalue weighted by Gasteiger charge is -2.10. The second kappa shape index (κ2) is 31.6. The first-order valence-corrected chi connectivity index (χ1v) is 34.7. The molecule has 4 amide bonds. The van der Waals surface area contributed by atoms with E-state index in [2.05, 4.69) is 71.1 Å². The minimum atomic E-state index is -0.611. The number of fused-ring (bicyclic) bond motifs is 4. The molecule has 10 aromatic heterocycles. The van der Waals surface area contributed by atoms with Crippen molar-refractivity contribution in [1.82, 2.24) is 49.8 Å². The number of H-pyrrole nitrogens is 2. The molecule has 0 atom stereocenters. The highest BCUT2D eigenvalue weighted by Crippen LogP contribution is 2.41. The van der Waals surface area contributed by atoms with Crippen LogP contribution >= 0.6 is 0 Å². The van der Waals surface area contributed by atoms with E-state index in [0.717, 1.165) is 66.6 Å². The molecule has 0 aliphatic rings. The number of hydrogen-bond donors (Lipinski definition) is 6. The Morgan fingerprint density at radius 3 is 0.657 bits per heavy atom. The molecule has 0 fully saturated rings. The van der Waals surface area contributed by atoms with Crippen molar-refractivity contribution < 1.29 is 33.1 Å². The lowest BCUT2D eigenvalue weighted by Crippen LogP contribution is -2.17. The summed E-state index contributed by atoms with van der Waals surface area (Å²) in [6, 6.07) is 67.8. The van der Waals surface area contributed by atoms with Crippen molar-refractivity contribution >= 4 is 113 Å². The van der Waals surface area contributed by atoms with E-state index >= 15 is 0 Å². The molecule has 0 saturated heterocycles. The Morgan fingerprint density at radius 1 is 0.283 bits per heavy atom.